The first-order valence-electron chi connectivity index (χ1n) is 6.46. The summed E-state index contributed by atoms with van der Waals surface area (Å²) in [7, 11) is 1.64. The second-order valence-electron chi connectivity index (χ2n) is 4.40. The summed E-state index contributed by atoms with van der Waals surface area (Å²) in [5, 5.41) is 20.1. The highest BCUT2D eigenvalue weighted by Crippen LogP contribution is 2.11. The van der Waals surface area contributed by atoms with Crippen molar-refractivity contribution < 1.29 is 19.5 Å². The lowest BCUT2D eigenvalue weighted by molar-refractivity contribution is -0.139. The number of carboxylic acid groups (broad SMARTS) is 1. The van der Waals surface area contributed by atoms with Crippen LogP contribution in [0.2, 0.25) is 0 Å². The predicted octanol–water partition coefficient (Wildman–Crippen LogP) is -0.629. The van der Waals surface area contributed by atoms with Gasteiger partial charge in [-0.25, -0.2) is 9.59 Å². The maximum Gasteiger partial charge on any atom is 0.331 e. The topological polar surface area (TPSA) is 125 Å². The van der Waals surface area contributed by atoms with Crippen molar-refractivity contribution >= 4 is 17.9 Å². The summed E-state index contributed by atoms with van der Waals surface area (Å²) in [6, 6.07) is -1.96. The van der Waals surface area contributed by atoms with Crippen molar-refractivity contribution in [2.45, 2.75) is 19.4 Å². The molecule has 1 rings (SSSR count). The van der Waals surface area contributed by atoms with Crippen LogP contribution < -0.4 is 16.0 Å². The van der Waals surface area contributed by atoms with E-state index in [1.165, 1.54) is 17.1 Å². The average molecular weight is 297 g/mol. The van der Waals surface area contributed by atoms with Crippen molar-refractivity contribution in [3.8, 4) is 0 Å². The maximum atomic E-state index is 11.6. The second kappa shape index (κ2) is 7.88. The molecule has 0 fully saturated rings. The van der Waals surface area contributed by atoms with Crippen LogP contribution in [0.25, 0.3) is 0 Å². The standard InChI is InChI=1S/C12H19N5O4/c1-3-4-13-9(18)6-14-12(21)16-10(11(19)20)8-5-15-17(2)7-8/h5,7,10H,3-4,6H2,1-2H3,(H,13,18)(H,19,20)(H2,14,16,21). The molecule has 0 aromatic carbocycles. The highest BCUT2D eigenvalue weighted by atomic mass is 16.4. The Morgan fingerprint density at radius 2 is 2.10 bits per heavy atom. The molecule has 1 aromatic rings. The molecule has 116 valence electrons. The van der Waals surface area contributed by atoms with Crippen LogP contribution in [0.15, 0.2) is 12.4 Å². The maximum absolute atomic E-state index is 11.6. The van der Waals surface area contributed by atoms with Gasteiger partial charge >= 0.3 is 12.0 Å². The third kappa shape index (κ3) is 5.51. The molecule has 0 radical (unpaired) electrons. The van der Waals surface area contributed by atoms with Gasteiger partial charge in [0.1, 0.15) is 0 Å². The summed E-state index contributed by atoms with van der Waals surface area (Å²) in [5.74, 6) is -1.55. The Bertz CT molecular complexity index is 514. The predicted molar refractivity (Wildman–Crippen MR) is 73.4 cm³/mol. The number of carbonyl (C=O) groups is 3. The van der Waals surface area contributed by atoms with Crippen LogP contribution in [0.5, 0.6) is 0 Å². The first kappa shape index (κ1) is 16.5. The minimum atomic E-state index is -1.22. The van der Waals surface area contributed by atoms with Crippen LogP contribution in [0.1, 0.15) is 24.9 Å². The summed E-state index contributed by atoms with van der Waals surface area (Å²) in [5.41, 5.74) is 0.343. The quantitative estimate of drug-likeness (QED) is 0.533. The van der Waals surface area contributed by atoms with Crippen molar-refractivity contribution in [3.05, 3.63) is 18.0 Å². The molecule has 9 nitrogen and oxygen atoms in total. The lowest BCUT2D eigenvalue weighted by atomic mass is 10.1. The Hall–Kier alpha value is -2.58. The zero-order chi connectivity index (χ0) is 15.8. The van der Waals surface area contributed by atoms with Crippen molar-refractivity contribution in [1.29, 1.82) is 0 Å². The highest BCUT2D eigenvalue weighted by molar-refractivity contribution is 5.87. The molecule has 1 unspecified atom stereocenters. The number of amides is 3. The van der Waals surface area contributed by atoms with Gasteiger partial charge in [0, 0.05) is 25.4 Å². The van der Waals surface area contributed by atoms with Gasteiger partial charge in [-0.1, -0.05) is 6.92 Å². The van der Waals surface area contributed by atoms with Gasteiger partial charge < -0.3 is 21.1 Å². The average Bonchev–Trinajstić information content (AvgIpc) is 2.86. The summed E-state index contributed by atoms with van der Waals surface area (Å²) in [6.07, 6.45) is 3.64. The fraction of sp³-hybridized carbons (Fsp3) is 0.500. The molecule has 0 saturated heterocycles. The number of aliphatic carboxylic acids is 1. The fourth-order valence-electron chi connectivity index (χ4n) is 1.55. The minimum absolute atomic E-state index is 0.217. The van der Waals surface area contributed by atoms with Gasteiger partial charge in [-0.15, -0.1) is 0 Å². The fourth-order valence-corrected chi connectivity index (χ4v) is 1.55. The SMILES string of the molecule is CCCNC(=O)CNC(=O)NC(C(=O)O)c1cnn(C)c1. The number of carbonyl (C=O) groups excluding carboxylic acids is 2. The summed E-state index contributed by atoms with van der Waals surface area (Å²) in [4.78, 5) is 34.1. The number of rotatable bonds is 7. The lowest BCUT2D eigenvalue weighted by Crippen LogP contribution is -2.44. The highest BCUT2D eigenvalue weighted by Gasteiger charge is 2.23. The van der Waals surface area contributed by atoms with E-state index in [2.05, 4.69) is 21.0 Å². The molecule has 0 aliphatic heterocycles. The van der Waals surface area contributed by atoms with E-state index >= 15 is 0 Å². The van der Waals surface area contributed by atoms with Crippen LogP contribution in [-0.4, -0.2) is 45.9 Å². The molecule has 21 heavy (non-hydrogen) atoms. The van der Waals surface area contributed by atoms with Gasteiger partial charge in [-0.05, 0) is 6.42 Å². The van der Waals surface area contributed by atoms with Crippen LogP contribution in [0.3, 0.4) is 0 Å². The molecule has 9 heteroatoms. The molecule has 4 N–H and O–H groups in total. The first-order chi connectivity index (χ1) is 9.93. The lowest BCUT2D eigenvalue weighted by Gasteiger charge is -2.13. The number of carboxylic acids is 1. The number of hydrogen-bond acceptors (Lipinski definition) is 4. The molecular weight excluding hydrogens is 278 g/mol. The van der Waals surface area contributed by atoms with E-state index in [9.17, 15) is 14.4 Å². The Labute approximate surface area is 121 Å². The van der Waals surface area contributed by atoms with Gasteiger partial charge in [0.2, 0.25) is 5.91 Å². The van der Waals surface area contributed by atoms with Crippen molar-refractivity contribution in [2.24, 2.45) is 7.05 Å². The molecule has 1 atom stereocenters. The van der Waals surface area contributed by atoms with E-state index in [0.717, 1.165) is 6.42 Å². The molecule has 0 saturated carbocycles. The molecule has 1 heterocycles. The molecule has 3 amide bonds. The van der Waals surface area contributed by atoms with E-state index in [1.807, 2.05) is 6.92 Å². The largest absolute Gasteiger partial charge is 0.479 e. The monoisotopic (exact) mass is 297 g/mol. The van der Waals surface area contributed by atoms with Crippen molar-refractivity contribution in [3.63, 3.8) is 0 Å². The third-order valence-corrected chi connectivity index (χ3v) is 2.56. The Balaban J connectivity index is 2.50. The van der Waals surface area contributed by atoms with Gasteiger partial charge in [0.05, 0.1) is 12.7 Å². The molecular formula is C12H19N5O4. The number of aryl methyl sites for hydroxylation is 1. The third-order valence-electron chi connectivity index (χ3n) is 2.56. The number of nitrogens with zero attached hydrogens (tertiary/aromatic N) is 2. The molecule has 1 aromatic heterocycles. The minimum Gasteiger partial charge on any atom is -0.479 e. The Morgan fingerprint density at radius 3 is 2.62 bits per heavy atom. The van der Waals surface area contributed by atoms with E-state index in [1.54, 1.807) is 7.05 Å². The summed E-state index contributed by atoms with van der Waals surface area (Å²) in [6.45, 7) is 2.21. The Kier molecular flexibility index (Phi) is 6.18. The van der Waals surface area contributed by atoms with Gasteiger partial charge in [-0.2, -0.15) is 5.10 Å². The van der Waals surface area contributed by atoms with Crippen LogP contribution in [0.4, 0.5) is 4.79 Å². The number of urea groups is 1. The molecule has 0 aliphatic carbocycles. The van der Waals surface area contributed by atoms with Gasteiger partial charge in [0.25, 0.3) is 0 Å². The number of nitrogens with one attached hydrogen (secondary N) is 3. The van der Waals surface area contributed by atoms with E-state index in [0.29, 0.717) is 12.1 Å². The zero-order valence-electron chi connectivity index (χ0n) is 11.9. The van der Waals surface area contributed by atoms with E-state index in [4.69, 9.17) is 5.11 Å². The normalized spacial score (nSPS) is 11.5. The van der Waals surface area contributed by atoms with Crippen LogP contribution >= 0.6 is 0 Å². The summed E-state index contributed by atoms with van der Waals surface area (Å²) < 4.78 is 1.43. The molecule has 0 aliphatic rings. The van der Waals surface area contributed by atoms with Crippen LogP contribution in [-0.2, 0) is 16.6 Å². The zero-order valence-corrected chi connectivity index (χ0v) is 11.9. The van der Waals surface area contributed by atoms with E-state index in [-0.39, 0.29) is 12.5 Å². The number of hydrogen-bond donors (Lipinski definition) is 4. The second-order valence-corrected chi connectivity index (χ2v) is 4.40. The Morgan fingerprint density at radius 1 is 1.38 bits per heavy atom. The molecule has 0 spiro atoms. The van der Waals surface area contributed by atoms with Crippen molar-refractivity contribution in [1.82, 2.24) is 25.7 Å². The van der Waals surface area contributed by atoms with E-state index < -0.39 is 18.0 Å². The number of aromatic nitrogens is 2. The van der Waals surface area contributed by atoms with Gasteiger partial charge in [-0.3, -0.25) is 9.48 Å². The first-order valence-corrected chi connectivity index (χ1v) is 6.46. The summed E-state index contributed by atoms with van der Waals surface area (Å²) >= 11 is 0. The van der Waals surface area contributed by atoms with Gasteiger partial charge in [0.15, 0.2) is 6.04 Å². The van der Waals surface area contributed by atoms with Crippen molar-refractivity contribution in [2.75, 3.05) is 13.1 Å². The molecule has 0 bridgehead atoms. The smallest absolute Gasteiger partial charge is 0.331 e. The van der Waals surface area contributed by atoms with Crippen LogP contribution in [0, 0.1) is 0 Å².